The third kappa shape index (κ3) is 3.83. The van der Waals surface area contributed by atoms with Gasteiger partial charge in [-0.3, -0.25) is 0 Å². The van der Waals surface area contributed by atoms with E-state index in [9.17, 15) is 0 Å². The van der Waals surface area contributed by atoms with Crippen molar-refractivity contribution in [2.24, 2.45) is 0 Å². The summed E-state index contributed by atoms with van der Waals surface area (Å²) in [5.41, 5.74) is 2.67. The molecule has 0 radical (unpaired) electrons. The highest BCUT2D eigenvalue weighted by Crippen LogP contribution is 2.15. The van der Waals surface area contributed by atoms with E-state index in [1.54, 1.807) is 0 Å². The Bertz CT molecular complexity index is 327. The summed E-state index contributed by atoms with van der Waals surface area (Å²) < 4.78 is 5.72. The molecule has 2 atom stereocenters. The third-order valence-corrected chi connectivity index (χ3v) is 3.50. The van der Waals surface area contributed by atoms with E-state index < -0.39 is 0 Å². The van der Waals surface area contributed by atoms with Crippen molar-refractivity contribution >= 4 is 0 Å². The summed E-state index contributed by atoms with van der Waals surface area (Å²) in [5.74, 6) is 0. The molecule has 17 heavy (non-hydrogen) atoms. The van der Waals surface area contributed by atoms with Gasteiger partial charge in [-0.15, -0.1) is 0 Å². The molecule has 2 rings (SSSR count). The third-order valence-electron chi connectivity index (χ3n) is 3.50. The molecular formula is C15H23NO. The van der Waals surface area contributed by atoms with Gasteiger partial charge in [0.1, 0.15) is 0 Å². The van der Waals surface area contributed by atoms with Gasteiger partial charge in [0.25, 0.3) is 0 Å². The predicted octanol–water partition coefficient (Wildman–Crippen LogP) is 3.21. The number of aryl methyl sites for hydroxylation is 1. The van der Waals surface area contributed by atoms with Gasteiger partial charge in [0.05, 0.1) is 6.10 Å². The van der Waals surface area contributed by atoms with Crippen LogP contribution in [0.15, 0.2) is 24.3 Å². The zero-order valence-electron chi connectivity index (χ0n) is 10.9. The maximum Gasteiger partial charge on any atom is 0.0699 e. The summed E-state index contributed by atoms with van der Waals surface area (Å²) in [6.07, 6.45) is 4.15. The molecule has 94 valence electrons. The second-order valence-corrected chi connectivity index (χ2v) is 5.03. The van der Waals surface area contributed by atoms with Gasteiger partial charge in [0.15, 0.2) is 0 Å². The first-order valence-electron chi connectivity index (χ1n) is 6.67. The lowest BCUT2D eigenvalue weighted by Gasteiger charge is -2.25. The van der Waals surface area contributed by atoms with Crippen molar-refractivity contribution in [2.45, 2.75) is 45.3 Å². The molecule has 1 saturated heterocycles. The monoisotopic (exact) mass is 233 g/mol. The second-order valence-electron chi connectivity index (χ2n) is 5.03. The summed E-state index contributed by atoms with van der Waals surface area (Å²) in [6.45, 7) is 6.24. The lowest BCUT2D eigenvalue weighted by atomic mass is 10.1. The van der Waals surface area contributed by atoms with Crippen LogP contribution in [-0.2, 0) is 4.74 Å². The minimum atomic E-state index is 0.404. The summed E-state index contributed by atoms with van der Waals surface area (Å²) in [6, 6.07) is 9.15. The van der Waals surface area contributed by atoms with E-state index in [-0.39, 0.29) is 0 Å². The number of hydrogen-bond acceptors (Lipinski definition) is 2. The normalized spacial score (nSPS) is 22.4. The molecule has 1 fully saturated rings. The zero-order valence-corrected chi connectivity index (χ0v) is 10.9. The Kier molecular flexibility index (Phi) is 4.57. The fourth-order valence-corrected chi connectivity index (χ4v) is 2.25. The summed E-state index contributed by atoms with van der Waals surface area (Å²) in [7, 11) is 0. The molecule has 0 spiro atoms. The van der Waals surface area contributed by atoms with Crippen LogP contribution in [0.4, 0.5) is 0 Å². The summed E-state index contributed by atoms with van der Waals surface area (Å²) in [5, 5.41) is 3.56. The maximum absolute atomic E-state index is 5.72. The molecule has 2 nitrogen and oxygen atoms in total. The van der Waals surface area contributed by atoms with Crippen LogP contribution in [0, 0.1) is 6.92 Å². The van der Waals surface area contributed by atoms with Crippen LogP contribution in [0.3, 0.4) is 0 Å². The van der Waals surface area contributed by atoms with Gasteiger partial charge in [0, 0.05) is 19.2 Å². The average Bonchev–Trinajstić information content (AvgIpc) is 2.38. The first-order chi connectivity index (χ1) is 8.25. The van der Waals surface area contributed by atoms with Crippen molar-refractivity contribution in [3.8, 4) is 0 Å². The molecule has 1 aliphatic heterocycles. The smallest absolute Gasteiger partial charge is 0.0699 e. The van der Waals surface area contributed by atoms with E-state index in [4.69, 9.17) is 4.74 Å². The van der Waals surface area contributed by atoms with E-state index in [0.717, 1.165) is 13.2 Å². The van der Waals surface area contributed by atoms with Crippen LogP contribution >= 0.6 is 0 Å². The Morgan fingerprint density at radius 2 is 2.06 bits per heavy atom. The van der Waals surface area contributed by atoms with Crippen molar-refractivity contribution in [1.29, 1.82) is 0 Å². The Hall–Kier alpha value is -0.860. The van der Waals surface area contributed by atoms with Gasteiger partial charge in [0.2, 0.25) is 0 Å². The van der Waals surface area contributed by atoms with Crippen molar-refractivity contribution in [3.05, 3.63) is 35.4 Å². The lowest BCUT2D eigenvalue weighted by Crippen LogP contribution is -2.33. The molecular weight excluding hydrogens is 210 g/mol. The largest absolute Gasteiger partial charge is 0.377 e. The summed E-state index contributed by atoms with van der Waals surface area (Å²) in [4.78, 5) is 0. The Labute approximate surface area is 104 Å². The highest BCUT2D eigenvalue weighted by molar-refractivity contribution is 5.23. The molecule has 1 heterocycles. The van der Waals surface area contributed by atoms with Crippen LogP contribution in [0.1, 0.15) is 43.4 Å². The number of rotatable bonds is 4. The van der Waals surface area contributed by atoms with Crippen LogP contribution in [0.25, 0.3) is 0 Å². The first-order valence-corrected chi connectivity index (χ1v) is 6.67. The minimum Gasteiger partial charge on any atom is -0.377 e. The lowest BCUT2D eigenvalue weighted by molar-refractivity contribution is 0.0156. The Balaban J connectivity index is 1.80. The SMILES string of the molecule is Cc1ccc(C(C)NCC2CCCCO2)cc1. The molecule has 1 N–H and O–H groups in total. The van der Waals surface area contributed by atoms with Crippen molar-refractivity contribution in [3.63, 3.8) is 0 Å². The van der Waals surface area contributed by atoms with Gasteiger partial charge < -0.3 is 10.1 Å². The topological polar surface area (TPSA) is 21.3 Å². The standard InChI is InChI=1S/C15H23NO/c1-12-6-8-14(9-7-12)13(2)16-11-15-5-3-4-10-17-15/h6-9,13,15-16H,3-5,10-11H2,1-2H3. The van der Waals surface area contributed by atoms with Crippen LogP contribution < -0.4 is 5.32 Å². The summed E-state index contributed by atoms with van der Waals surface area (Å²) >= 11 is 0. The molecule has 2 heteroatoms. The maximum atomic E-state index is 5.72. The average molecular weight is 233 g/mol. The molecule has 2 unspecified atom stereocenters. The van der Waals surface area contributed by atoms with Crippen LogP contribution in [-0.4, -0.2) is 19.3 Å². The Morgan fingerprint density at radius 3 is 2.71 bits per heavy atom. The number of ether oxygens (including phenoxy) is 1. The molecule has 1 aromatic rings. The zero-order chi connectivity index (χ0) is 12.1. The highest BCUT2D eigenvalue weighted by Gasteiger charge is 2.14. The second kappa shape index (κ2) is 6.18. The fraction of sp³-hybridized carbons (Fsp3) is 0.600. The van der Waals surface area contributed by atoms with E-state index in [1.807, 2.05) is 0 Å². The van der Waals surface area contributed by atoms with Crippen LogP contribution in [0.5, 0.6) is 0 Å². The first kappa shape index (κ1) is 12.6. The number of benzene rings is 1. The molecule has 0 aromatic heterocycles. The molecule has 0 bridgehead atoms. The van der Waals surface area contributed by atoms with Crippen LogP contribution in [0.2, 0.25) is 0 Å². The van der Waals surface area contributed by atoms with Crippen molar-refractivity contribution < 1.29 is 4.74 Å². The Morgan fingerprint density at radius 1 is 1.29 bits per heavy atom. The molecule has 1 aromatic carbocycles. The van der Waals surface area contributed by atoms with E-state index in [2.05, 4.69) is 43.4 Å². The van der Waals surface area contributed by atoms with Gasteiger partial charge >= 0.3 is 0 Å². The molecule has 0 amide bonds. The van der Waals surface area contributed by atoms with E-state index in [1.165, 1.54) is 30.4 Å². The van der Waals surface area contributed by atoms with Crippen molar-refractivity contribution in [1.82, 2.24) is 5.32 Å². The molecule has 1 aliphatic rings. The van der Waals surface area contributed by atoms with E-state index in [0.29, 0.717) is 12.1 Å². The van der Waals surface area contributed by atoms with Gasteiger partial charge in [-0.05, 0) is 38.7 Å². The van der Waals surface area contributed by atoms with Gasteiger partial charge in [-0.2, -0.15) is 0 Å². The van der Waals surface area contributed by atoms with Gasteiger partial charge in [-0.1, -0.05) is 29.8 Å². The highest BCUT2D eigenvalue weighted by atomic mass is 16.5. The number of nitrogens with one attached hydrogen (secondary N) is 1. The number of hydrogen-bond donors (Lipinski definition) is 1. The van der Waals surface area contributed by atoms with Crippen molar-refractivity contribution in [2.75, 3.05) is 13.2 Å². The minimum absolute atomic E-state index is 0.404. The predicted molar refractivity (Wildman–Crippen MR) is 71.2 cm³/mol. The quantitative estimate of drug-likeness (QED) is 0.862. The molecule has 0 aliphatic carbocycles. The molecule has 0 saturated carbocycles. The van der Waals surface area contributed by atoms with E-state index >= 15 is 0 Å². The van der Waals surface area contributed by atoms with Gasteiger partial charge in [-0.25, -0.2) is 0 Å². The fourth-order valence-electron chi connectivity index (χ4n) is 2.25.